The highest BCUT2D eigenvalue weighted by atomic mass is 14.8. The van der Waals surface area contributed by atoms with E-state index in [0.29, 0.717) is 5.92 Å². The zero-order valence-corrected chi connectivity index (χ0v) is 15.7. The zero-order valence-electron chi connectivity index (χ0n) is 15.7. The van der Waals surface area contributed by atoms with Crippen LogP contribution in [-0.4, -0.2) is 13.6 Å². The van der Waals surface area contributed by atoms with E-state index in [1.165, 1.54) is 17.6 Å². The van der Waals surface area contributed by atoms with Gasteiger partial charge in [0.15, 0.2) is 0 Å². The van der Waals surface area contributed by atoms with Crippen molar-refractivity contribution in [3.05, 3.63) is 72.9 Å². The van der Waals surface area contributed by atoms with Gasteiger partial charge >= 0.3 is 0 Å². The van der Waals surface area contributed by atoms with Crippen LogP contribution in [0.25, 0.3) is 0 Å². The highest BCUT2D eigenvalue weighted by Crippen LogP contribution is 2.36. The first-order valence-electron chi connectivity index (χ1n) is 8.58. The lowest BCUT2D eigenvalue weighted by Crippen LogP contribution is -2.18. The van der Waals surface area contributed by atoms with E-state index in [-0.39, 0.29) is 5.41 Å². The molecule has 0 saturated heterocycles. The highest BCUT2D eigenvalue weighted by Gasteiger charge is 2.24. The Kier molecular flexibility index (Phi) is 11.1. The normalized spacial score (nSPS) is 15.3. The molecule has 0 aromatic carbocycles. The Morgan fingerprint density at radius 2 is 1.65 bits per heavy atom. The number of nitrogens with one attached hydrogen (secondary N) is 1. The predicted molar refractivity (Wildman–Crippen MR) is 107 cm³/mol. The van der Waals surface area contributed by atoms with E-state index in [4.69, 9.17) is 0 Å². The van der Waals surface area contributed by atoms with Gasteiger partial charge in [-0.3, -0.25) is 0 Å². The number of hydrogen-bond acceptors (Lipinski definition) is 1. The molecule has 0 radical (unpaired) electrons. The lowest BCUT2D eigenvalue weighted by Gasteiger charge is -2.28. The van der Waals surface area contributed by atoms with E-state index in [2.05, 4.69) is 75.7 Å². The molecule has 23 heavy (non-hydrogen) atoms. The molecule has 0 aromatic rings. The van der Waals surface area contributed by atoms with Crippen LogP contribution in [0.5, 0.6) is 0 Å². The molecule has 1 unspecified atom stereocenters. The predicted octanol–water partition coefficient (Wildman–Crippen LogP) is 6.01. The van der Waals surface area contributed by atoms with Gasteiger partial charge in [-0.1, -0.05) is 89.0 Å². The minimum absolute atomic E-state index is 0.0872. The molecule has 1 N–H and O–H groups in total. The first-order valence-corrected chi connectivity index (χ1v) is 8.58. The Morgan fingerprint density at radius 3 is 2.09 bits per heavy atom. The summed E-state index contributed by atoms with van der Waals surface area (Å²) in [7, 11) is 2.02. The summed E-state index contributed by atoms with van der Waals surface area (Å²) in [5.74, 6) is 0.683. The molecule has 1 nitrogen and oxygen atoms in total. The van der Waals surface area contributed by atoms with Crippen molar-refractivity contribution < 1.29 is 0 Å². The molecule has 0 amide bonds. The Morgan fingerprint density at radius 1 is 1.09 bits per heavy atom. The first kappa shape index (κ1) is 21.4. The first-order chi connectivity index (χ1) is 11.0. The van der Waals surface area contributed by atoms with Gasteiger partial charge in [-0.05, 0) is 44.0 Å². The molecule has 0 spiro atoms. The van der Waals surface area contributed by atoms with Crippen LogP contribution in [-0.2, 0) is 0 Å². The van der Waals surface area contributed by atoms with Crippen LogP contribution in [0, 0.1) is 11.3 Å². The van der Waals surface area contributed by atoms with Crippen molar-refractivity contribution in [2.75, 3.05) is 13.6 Å². The van der Waals surface area contributed by atoms with Gasteiger partial charge in [0.1, 0.15) is 0 Å². The summed E-state index contributed by atoms with van der Waals surface area (Å²) in [6, 6.07) is 0. The smallest absolute Gasteiger partial charge is 0.0146 e. The molecular weight excluding hydrogens is 278 g/mol. The van der Waals surface area contributed by atoms with Crippen molar-refractivity contribution in [1.82, 2.24) is 5.32 Å². The second kappa shape index (κ2) is 11.9. The lowest BCUT2D eigenvalue weighted by molar-refractivity contribution is 0.488. The van der Waals surface area contributed by atoms with Gasteiger partial charge < -0.3 is 5.32 Å². The van der Waals surface area contributed by atoms with Crippen molar-refractivity contribution in [2.24, 2.45) is 11.3 Å². The Hall–Kier alpha value is -1.60. The van der Waals surface area contributed by atoms with Gasteiger partial charge in [-0.25, -0.2) is 0 Å². The van der Waals surface area contributed by atoms with Gasteiger partial charge in [-0.2, -0.15) is 0 Å². The standard InChI is InChI=1S/C22H35N/c1-8-13-20(14-9-2)22(5,6)21(15-10-3)17-12-16-19(11-4)18-23-7/h8-10,12-15,17,19,23H,1,3,11,16,18H2,2,4-7H3/b14-9-,17-12-,20-13+,21-15+. The fourth-order valence-corrected chi connectivity index (χ4v) is 2.62. The lowest BCUT2D eigenvalue weighted by atomic mass is 9.76. The second-order valence-electron chi connectivity index (χ2n) is 6.31. The van der Waals surface area contributed by atoms with Gasteiger partial charge in [0.05, 0.1) is 0 Å². The van der Waals surface area contributed by atoms with Crippen LogP contribution in [0.3, 0.4) is 0 Å². The zero-order chi connectivity index (χ0) is 17.7. The van der Waals surface area contributed by atoms with E-state index in [0.717, 1.165) is 13.0 Å². The number of rotatable bonds is 11. The third-order valence-electron chi connectivity index (χ3n) is 4.22. The molecule has 0 aromatic heterocycles. The summed E-state index contributed by atoms with van der Waals surface area (Å²) in [6.45, 7) is 17.6. The van der Waals surface area contributed by atoms with Crippen LogP contribution in [0.2, 0.25) is 0 Å². The maximum atomic E-state index is 3.88. The van der Waals surface area contributed by atoms with Crippen molar-refractivity contribution in [1.29, 1.82) is 0 Å². The number of allylic oxidation sites excluding steroid dienone is 10. The summed E-state index contributed by atoms with van der Waals surface area (Å²) < 4.78 is 0. The van der Waals surface area contributed by atoms with Crippen molar-refractivity contribution >= 4 is 0 Å². The van der Waals surface area contributed by atoms with Gasteiger partial charge in [-0.15, -0.1) is 0 Å². The SMILES string of the molecule is C=C/C=C(\C=C/C)C(C)(C)C(/C=C\CC(CC)CNC)=C/C=C. The summed E-state index contributed by atoms with van der Waals surface area (Å²) in [4.78, 5) is 0. The van der Waals surface area contributed by atoms with Crippen LogP contribution < -0.4 is 5.32 Å². The average molecular weight is 314 g/mol. The van der Waals surface area contributed by atoms with Crippen molar-refractivity contribution in [2.45, 2.75) is 40.5 Å². The molecule has 1 atom stereocenters. The Balaban J connectivity index is 5.38. The molecule has 0 aliphatic heterocycles. The molecule has 0 saturated carbocycles. The van der Waals surface area contributed by atoms with Gasteiger partial charge in [0.2, 0.25) is 0 Å². The molecule has 0 aliphatic carbocycles. The molecule has 1 heteroatoms. The summed E-state index contributed by atoms with van der Waals surface area (Å²) in [6.07, 6.45) is 19.0. The molecule has 0 rings (SSSR count). The van der Waals surface area contributed by atoms with Crippen LogP contribution in [0.4, 0.5) is 0 Å². The van der Waals surface area contributed by atoms with Gasteiger partial charge in [0.25, 0.3) is 0 Å². The largest absolute Gasteiger partial charge is 0.319 e. The van der Waals surface area contributed by atoms with Crippen LogP contribution >= 0.6 is 0 Å². The maximum Gasteiger partial charge on any atom is 0.0146 e. The Bertz CT molecular complexity index is 472. The average Bonchev–Trinajstić information content (AvgIpc) is 2.52. The van der Waals surface area contributed by atoms with E-state index in [1.807, 2.05) is 26.1 Å². The van der Waals surface area contributed by atoms with Gasteiger partial charge in [0, 0.05) is 5.41 Å². The quantitative estimate of drug-likeness (QED) is 0.461. The molecule has 0 fully saturated rings. The molecule has 0 bridgehead atoms. The van der Waals surface area contributed by atoms with Crippen molar-refractivity contribution in [3.8, 4) is 0 Å². The Labute approximate surface area is 144 Å². The van der Waals surface area contributed by atoms with E-state index in [9.17, 15) is 0 Å². The third kappa shape index (κ3) is 7.47. The van der Waals surface area contributed by atoms with Crippen LogP contribution in [0.15, 0.2) is 72.9 Å². The van der Waals surface area contributed by atoms with E-state index < -0.39 is 0 Å². The maximum absolute atomic E-state index is 3.88. The van der Waals surface area contributed by atoms with Crippen molar-refractivity contribution in [3.63, 3.8) is 0 Å². The van der Waals surface area contributed by atoms with Crippen LogP contribution in [0.1, 0.15) is 40.5 Å². The highest BCUT2D eigenvalue weighted by molar-refractivity contribution is 5.42. The van der Waals surface area contributed by atoms with E-state index in [1.54, 1.807) is 0 Å². The second-order valence-corrected chi connectivity index (χ2v) is 6.31. The molecular formula is C22H35N. The molecule has 0 aliphatic rings. The summed E-state index contributed by atoms with van der Waals surface area (Å²) in [5, 5.41) is 3.27. The fourth-order valence-electron chi connectivity index (χ4n) is 2.62. The number of hydrogen-bond donors (Lipinski definition) is 1. The third-order valence-corrected chi connectivity index (χ3v) is 4.22. The topological polar surface area (TPSA) is 12.0 Å². The fraction of sp³-hybridized carbons (Fsp3) is 0.455. The summed E-state index contributed by atoms with van der Waals surface area (Å²) in [5.41, 5.74) is 2.42. The monoisotopic (exact) mass is 313 g/mol. The molecule has 128 valence electrons. The molecule has 0 heterocycles. The summed E-state index contributed by atoms with van der Waals surface area (Å²) >= 11 is 0. The minimum atomic E-state index is -0.0872. The minimum Gasteiger partial charge on any atom is -0.319 e. The van der Waals surface area contributed by atoms with E-state index >= 15 is 0 Å².